The average Bonchev–Trinajstić information content (AvgIpc) is 2.77. The van der Waals surface area contributed by atoms with Gasteiger partial charge in [-0.1, -0.05) is 13.8 Å². The van der Waals surface area contributed by atoms with Crippen LogP contribution in [0.5, 0.6) is 0 Å². The molecule has 5 aliphatic rings. The molecule has 20 heavy (non-hydrogen) atoms. The van der Waals surface area contributed by atoms with Gasteiger partial charge in [-0.3, -0.25) is 4.79 Å². The largest absolute Gasteiger partial charge is 0.388 e. The molecule has 4 aliphatic carbocycles. The van der Waals surface area contributed by atoms with Gasteiger partial charge >= 0.3 is 0 Å². The van der Waals surface area contributed by atoms with E-state index in [-0.39, 0.29) is 24.7 Å². The lowest BCUT2D eigenvalue weighted by Crippen LogP contribution is -2.83. The van der Waals surface area contributed by atoms with E-state index in [1.165, 1.54) is 0 Å². The SMILES string of the molecule is C[C@H]1CC[C@]2(O)[C@]13CC(=O)[C@@]1(C)[C@]2(C)CO[C@]1(O)[C@H]3O. The number of ketones is 1. The maximum Gasteiger partial charge on any atom is 0.206 e. The van der Waals surface area contributed by atoms with Crippen LogP contribution in [0.1, 0.15) is 40.0 Å². The van der Waals surface area contributed by atoms with Gasteiger partial charge in [0.15, 0.2) is 0 Å². The maximum atomic E-state index is 12.8. The van der Waals surface area contributed by atoms with Crippen LogP contribution < -0.4 is 0 Å². The Hall–Kier alpha value is -0.490. The number of fused-ring (bicyclic) bond motifs is 1. The third-order valence-electron chi connectivity index (χ3n) is 7.77. The van der Waals surface area contributed by atoms with Gasteiger partial charge in [-0.2, -0.15) is 0 Å². The Labute approximate surface area is 117 Å². The molecule has 1 spiro atoms. The number of hydrogen-bond donors (Lipinski definition) is 3. The predicted molar refractivity (Wildman–Crippen MR) is 68.5 cm³/mol. The van der Waals surface area contributed by atoms with Crippen LogP contribution in [0.2, 0.25) is 0 Å². The summed E-state index contributed by atoms with van der Waals surface area (Å²) >= 11 is 0. The Kier molecular flexibility index (Phi) is 1.98. The number of aliphatic hydroxyl groups is 3. The molecular weight excluding hydrogens is 260 g/mol. The van der Waals surface area contributed by atoms with Crippen molar-refractivity contribution in [2.45, 2.75) is 57.5 Å². The van der Waals surface area contributed by atoms with Crippen LogP contribution in [0.15, 0.2) is 0 Å². The van der Waals surface area contributed by atoms with Gasteiger partial charge in [0.25, 0.3) is 0 Å². The first-order chi connectivity index (χ1) is 9.12. The van der Waals surface area contributed by atoms with Crippen molar-refractivity contribution < 1.29 is 24.9 Å². The van der Waals surface area contributed by atoms with Crippen molar-refractivity contribution in [2.24, 2.45) is 22.2 Å². The first-order valence-corrected chi connectivity index (χ1v) is 7.42. The van der Waals surface area contributed by atoms with E-state index in [1.807, 2.05) is 13.8 Å². The molecule has 0 radical (unpaired) electrons. The van der Waals surface area contributed by atoms with Gasteiger partial charge in [0, 0.05) is 17.3 Å². The highest BCUT2D eigenvalue weighted by Crippen LogP contribution is 2.79. The van der Waals surface area contributed by atoms with Crippen molar-refractivity contribution in [3.05, 3.63) is 0 Å². The zero-order chi connectivity index (χ0) is 14.8. The molecule has 0 aromatic rings. The van der Waals surface area contributed by atoms with E-state index in [0.29, 0.717) is 6.42 Å². The van der Waals surface area contributed by atoms with Gasteiger partial charge in [0.2, 0.25) is 5.79 Å². The third kappa shape index (κ3) is 0.794. The number of carbonyl (C=O) groups is 1. The number of Topliss-reactive ketones (excluding diaryl/α,β-unsaturated/α-hetero) is 1. The summed E-state index contributed by atoms with van der Waals surface area (Å²) in [7, 11) is 0. The predicted octanol–water partition coefficient (Wildman–Crippen LogP) is 0.212. The van der Waals surface area contributed by atoms with Crippen molar-refractivity contribution in [3.8, 4) is 0 Å². The van der Waals surface area contributed by atoms with E-state index in [9.17, 15) is 20.1 Å². The Bertz CT molecular complexity index is 534. The second-order valence-corrected chi connectivity index (χ2v) is 7.79. The van der Waals surface area contributed by atoms with Crippen LogP contribution in [0, 0.1) is 22.2 Å². The van der Waals surface area contributed by atoms with E-state index >= 15 is 0 Å². The Morgan fingerprint density at radius 2 is 1.95 bits per heavy atom. The van der Waals surface area contributed by atoms with E-state index in [0.717, 1.165) is 6.42 Å². The molecular formula is C15H22O5. The summed E-state index contributed by atoms with van der Waals surface area (Å²) in [5, 5.41) is 33.3. The number of aliphatic hydroxyl groups excluding tert-OH is 1. The molecule has 1 heterocycles. The molecule has 0 aromatic heterocycles. The smallest absolute Gasteiger partial charge is 0.206 e. The van der Waals surface area contributed by atoms with Crippen LogP contribution in [0.3, 0.4) is 0 Å². The van der Waals surface area contributed by atoms with Crippen molar-refractivity contribution in [1.82, 2.24) is 0 Å². The van der Waals surface area contributed by atoms with Crippen molar-refractivity contribution in [3.63, 3.8) is 0 Å². The minimum Gasteiger partial charge on any atom is -0.388 e. The molecule has 5 nitrogen and oxygen atoms in total. The van der Waals surface area contributed by atoms with Crippen LogP contribution in [-0.4, -0.2) is 45.2 Å². The monoisotopic (exact) mass is 282 g/mol. The highest BCUT2D eigenvalue weighted by Gasteiger charge is 2.91. The topological polar surface area (TPSA) is 87.0 Å². The average molecular weight is 282 g/mol. The van der Waals surface area contributed by atoms with E-state index in [4.69, 9.17) is 4.74 Å². The summed E-state index contributed by atoms with van der Waals surface area (Å²) in [5.74, 6) is -1.99. The molecule has 1 saturated heterocycles. The molecule has 5 heteroatoms. The Morgan fingerprint density at radius 3 is 2.60 bits per heavy atom. The molecule has 0 amide bonds. The summed E-state index contributed by atoms with van der Waals surface area (Å²) in [6.45, 7) is 5.54. The molecule has 5 fully saturated rings. The first-order valence-electron chi connectivity index (χ1n) is 7.42. The molecule has 0 aromatic carbocycles. The van der Waals surface area contributed by atoms with Crippen LogP contribution in [-0.2, 0) is 9.53 Å². The second kappa shape index (κ2) is 3.00. The van der Waals surface area contributed by atoms with E-state index < -0.39 is 33.7 Å². The normalized spacial score (nSPS) is 67.6. The van der Waals surface area contributed by atoms with Gasteiger partial charge < -0.3 is 20.1 Å². The van der Waals surface area contributed by atoms with Crippen LogP contribution >= 0.6 is 0 Å². The molecule has 0 unspecified atom stereocenters. The minimum absolute atomic E-state index is 0.0242. The number of carbonyl (C=O) groups excluding carboxylic acids is 1. The van der Waals surface area contributed by atoms with Crippen molar-refractivity contribution in [1.29, 1.82) is 0 Å². The molecule has 5 rings (SSSR count). The number of ether oxygens (including phenoxy) is 1. The van der Waals surface area contributed by atoms with Crippen molar-refractivity contribution in [2.75, 3.05) is 6.61 Å². The molecule has 112 valence electrons. The summed E-state index contributed by atoms with van der Waals surface area (Å²) < 4.78 is 5.56. The summed E-state index contributed by atoms with van der Waals surface area (Å²) in [4.78, 5) is 12.8. The third-order valence-corrected chi connectivity index (χ3v) is 7.77. The minimum atomic E-state index is -1.87. The van der Waals surface area contributed by atoms with Gasteiger partial charge in [0.1, 0.15) is 11.9 Å². The zero-order valence-electron chi connectivity index (χ0n) is 12.1. The fraction of sp³-hybridized carbons (Fsp3) is 0.933. The van der Waals surface area contributed by atoms with E-state index in [1.54, 1.807) is 6.92 Å². The summed E-state index contributed by atoms with van der Waals surface area (Å²) in [5.41, 5.74) is -4.25. The zero-order valence-corrected chi connectivity index (χ0v) is 12.1. The highest BCUT2D eigenvalue weighted by atomic mass is 16.6. The first kappa shape index (κ1) is 13.2. The lowest BCUT2D eigenvalue weighted by Gasteiger charge is -2.69. The standard InChI is InChI=1S/C15H22O5/c1-8-4-5-14(18)11(2)7-20-15(19)10(17)13(8,14)6-9(16)12(11,15)3/h8,10,17-19H,4-7H2,1-3H3/t8-,10-,11-,12-,13+,14+,15+/m0/s1. The summed E-state index contributed by atoms with van der Waals surface area (Å²) in [6.07, 6.45) is 0.201. The molecule has 3 N–H and O–H groups in total. The lowest BCUT2D eigenvalue weighted by molar-refractivity contribution is -0.368. The molecule has 4 saturated carbocycles. The Balaban J connectivity index is 2.10. The van der Waals surface area contributed by atoms with Crippen molar-refractivity contribution >= 4 is 5.78 Å². The van der Waals surface area contributed by atoms with Gasteiger partial charge in [-0.25, -0.2) is 0 Å². The second-order valence-electron chi connectivity index (χ2n) is 7.79. The Morgan fingerprint density at radius 1 is 1.30 bits per heavy atom. The fourth-order valence-electron chi connectivity index (χ4n) is 6.15. The summed E-state index contributed by atoms with van der Waals surface area (Å²) in [6, 6.07) is 0. The number of hydrogen-bond acceptors (Lipinski definition) is 5. The fourth-order valence-corrected chi connectivity index (χ4v) is 6.15. The van der Waals surface area contributed by atoms with Crippen LogP contribution in [0.25, 0.3) is 0 Å². The lowest BCUT2D eigenvalue weighted by atomic mass is 9.35. The molecule has 1 aliphatic heterocycles. The van der Waals surface area contributed by atoms with Gasteiger partial charge in [0.05, 0.1) is 17.6 Å². The maximum absolute atomic E-state index is 12.8. The van der Waals surface area contributed by atoms with Gasteiger partial charge in [-0.05, 0) is 25.7 Å². The number of rotatable bonds is 0. The van der Waals surface area contributed by atoms with E-state index in [2.05, 4.69) is 0 Å². The van der Waals surface area contributed by atoms with Gasteiger partial charge in [-0.15, -0.1) is 0 Å². The molecule has 4 bridgehead atoms. The quantitative estimate of drug-likeness (QED) is 0.591. The molecule has 7 atom stereocenters. The highest BCUT2D eigenvalue weighted by molar-refractivity contribution is 5.91. The van der Waals surface area contributed by atoms with Crippen LogP contribution in [0.4, 0.5) is 0 Å².